The van der Waals surface area contributed by atoms with E-state index in [1.54, 1.807) is 23.2 Å². The number of ether oxygens (including phenoxy) is 2. The monoisotopic (exact) mass is 394 g/mol. The van der Waals surface area contributed by atoms with Gasteiger partial charge in [0.05, 0.1) is 26.5 Å². The summed E-state index contributed by atoms with van der Waals surface area (Å²) in [6, 6.07) is 9.50. The molecule has 0 unspecified atom stereocenters. The van der Waals surface area contributed by atoms with Crippen molar-refractivity contribution < 1.29 is 19.1 Å². The van der Waals surface area contributed by atoms with E-state index in [4.69, 9.17) is 9.47 Å². The van der Waals surface area contributed by atoms with E-state index in [0.29, 0.717) is 23.7 Å². The summed E-state index contributed by atoms with van der Waals surface area (Å²) in [5, 5.41) is 9.82. The summed E-state index contributed by atoms with van der Waals surface area (Å²) in [5.41, 5.74) is 3.70. The van der Waals surface area contributed by atoms with Crippen molar-refractivity contribution in [2.75, 3.05) is 19.1 Å². The normalized spacial score (nSPS) is 20.4. The summed E-state index contributed by atoms with van der Waals surface area (Å²) in [6.45, 7) is 4.44. The highest BCUT2D eigenvalue weighted by Crippen LogP contribution is 2.37. The first-order chi connectivity index (χ1) is 13.9. The van der Waals surface area contributed by atoms with Gasteiger partial charge in [0.1, 0.15) is 0 Å². The Bertz CT molecular complexity index is 1020. The molecule has 0 radical (unpaired) electrons. The van der Waals surface area contributed by atoms with Gasteiger partial charge in [-0.05, 0) is 37.1 Å². The molecular formula is C21H22N4O4. The molecule has 1 fully saturated rings. The minimum atomic E-state index is -0.833. The van der Waals surface area contributed by atoms with Gasteiger partial charge in [-0.25, -0.2) is 4.90 Å². The van der Waals surface area contributed by atoms with Gasteiger partial charge in [-0.1, -0.05) is 29.0 Å². The maximum atomic E-state index is 13.2. The summed E-state index contributed by atoms with van der Waals surface area (Å²) in [4.78, 5) is 27.3. The zero-order chi connectivity index (χ0) is 20.7. The van der Waals surface area contributed by atoms with Crippen molar-refractivity contribution in [3.8, 4) is 11.5 Å². The van der Waals surface area contributed by atoms with Crippen molar-refractivity contribution in [1.82, 2.24) is 5.01 Å². The van der Waals surface area contributed by atoms with Gasteiger partial charge in [0.2, 0.25) is 0 Å². The zero-order valence-electron chi connectivity index (χ0n) is 16.7. The van der Waals surface area contributed by atoms with Crippen LogP contribution in [0.15, 0.2) is 46.7 Å². The third-order valence-corrected chi connectivity index (χ3v) is 5.32. The lowest BCUT2D eigenvalue weighted by atomic mass is 10.0. The summed E-state index contributed by atoms with van der Waals surface area (Å²) < 4.78 is 10.5. The second kappa shape index (κ2) is 7.20. The first-order valence-electron chi connectivity index (χ1n) is 9.28. The molecule has 8 heteroatoms. The molecule has 2 amide bonds. The standard InChI is InChI=1S/C21H22N4O4/c1-12-5-6-13(2)14(9-12)11-24-19-18(22-23-24)20(26)25(21(19)27)15-7-8-16(28-3)17(10-15)29-4/h5-10,18-19H,11H2,1-4H3/t18-,19-/m1/s1. The number of imide groups is 1. The summed E-state index contributed by atoms with van der Waals surface area (Å²) in [5.74, 6) is 0.227. The molecule has 2 aromatic carbocycles. The fraction of sp³-hybridized carbons (Fsp3) is 0.333. The highest BCUT2D eigenvalue weighted by Gasteiger charge is 2.54. The van der Waals surface area contributed by atoms with Crippen LogP contribution in [0.1, 0.15) is 16.7 Å². The SMILES string of the molecule is COc1ccc(N2C(=O)[C@@H]3N=NN(Cc4cc(C)ccc4C)[C@H]3C2=O)cc1OC. The van der Waals surface area contributed by atoms with Crippen molar-refractivity contribution in [2.45, 2.75) is 32.5 Å². The molecule has 2 atom stereocenters. The minimum absolute atomic E-state index is 0.345. The number of carbonyl (C=O) groups is 2. The number of fused-ring (bicyclic) bond motifs is 1. The fourth-order valence-electron chi connectivity index (χ4n) is 3.72. The number of methoxy groups -OCH3 is 2. The minimum Gasteiger partial charge on any atom is -0.493 e. The van der Waals surface area contributed by atoms with Crippen LogP contribution in [0.3, 0.4) is 0 Å². The molecule has 4 rings (SSSR count). The second-order valence-corrected chi connectivity index (χ2v) is 7.17. The molecule has 2 aliphatic rings. The Balaban J connectivity index is 1.63. The van der Waals surface area contributed by atoms with Gasteiger partial charge in [0.25, 0.3) is 11.8 Å². The Morgan fingerprint density at radius 1 is 0.966 bits per heavy atom. The lowest BCUT2D eigenvalue weighted by molar-refractivity contribution is -0.123. The molecule has 0 aliphatic carbocycles. The Hall–Kier alpha value is -3.42. The van der Waals surface area contributed by atoms with Gasteiger partial charge in [0.15, 0.2) is 23.6 Å². The van der Waals surface area contributed by atoms with Crippen LogP contribution in [-0.4, -0.2) is 43.1 Å². The average molecular weight is 394 g/mol. The van der Waals surface area contributed by atoms with Crippen LogP contribution in [0.25, 0.3) is 0 Å². The van der Waals surface area contributed by atoms with Crippen LogP contribution in [0.4, 0.5) is 5.69 Å². The fourth-order valence-corrected chi connectivity index (χ4v) is 3.72. The largest absolute Gasteiger partial charge is 0.493 e. The van der Waals surface area contributed by atoms with Crippen LogP contribution in [0.5, 0.6) is 11.5 Å². The molecular weight excluding hydrogens is 372 g/mol. The number of nitrogens with zero attached hydrogens (tertiary/aromatic N) is 4. The Labute approximate surface area is 168 Å². The van der Waals surface area contributed by atoms with Crippen LogP contribution in [0.2, 0.25) is 0 Å². The second-order valence-electron chi connectivity index (χ2n) is 7.17. The highest BCUT2D eigenvalue weighted by atomic mass is 16.5. The molecule has 0 spiro atoms. The maximum absolute atomic E-state index is 13.2. The molecule has 0 saturated carbocycles. The van der Waals surface area contributed by atoms with E-state index in [2.05, 4.69) is 16.4 Å². The summed E-state index contributed by atoms with van der Waals surface area (Å²) >= 11 is 0. The highest BCUT2D eigenvalue weighted by molar-refractivity contribution is 6.25. The van der Waals surface area contributed by atoms with Crippen molar-refractivity contribution in [2.24, 2.45) is 10.3 Å². The van der Waals surface area contributed by atoms with E-state index in [1.165, 1.54) is 14.2 Å². The quantitative estimate of drug-likeness (QED) is 0.728. The first kappa shape index (κ1) is 18.9. The smallest absolute Gasteiger partial charge is 0.263 e. The third kappa shape index (κ3) is 3.10. The van der Waals surface area contributed by atoms with Crippen LogP contribution >= 0.6 is 0 Å². The number of benzene rings is 2. The molecule has 2 heterocycles. The van der Waals surface area contributed by atoms with E-state index in [1.807, 2.05) is 26.0 Å². The molecule has 0 bridgehead atoms. The number of carbonyl (C=O) groups excluding carboxylic acids is 2. The Morgan fingerprint density at radius 2 is 1.72 bits per heavy atom. The number of rotatable bonds is 5. The van der Waals surface area contributed by atoms with E-state index in [-0.39, 0.29) is 11.8 Å². The average Bonchev–Trinajstić information content (AvgIpc) is 3.24. The van der Waals surface area contributed by atoms with Gasteiger partial charge in [-0.15, -0.1) is 0 Å². The van der Waals surface area contributed by atoms with E-state index in [0.717, 1.165) is 21.6 Å². The Morgan fingerprint density at radius 3 is 2.45 bits per heavy atom. The number of hydrogen-bond acceptors (Lipinski definition) is 7. The lowest BCUT2D eigenvalue weighted by Crippen LogP contribution is -2.39. The molecule has 2 aromatic rings. The summed E-state index contributed by atoms with van der Waals surface area (Å²) in [7, 11) is 3.03. The molecule has 150 valence electrons. The van der Waals surface area contributed by atoms with Crippen molar-refractivity contribution in [3.63, 3.8) is 0 Å². The number of amides is 2. The van der Waals surface area contributed by atoms with Gasteiger partial charge >= 0.3 is 0 Å². The molecule has 1 saturated heterocycles. The van der Waals surface area contributed by atoms with Gasteiger partial charge in [-0.2, -0.15) is 5.11 Å². The van der Waals surface area contributed by atoms with Gasteiger partial charge in [-0.3, -0.25) is 14.6 Å². The van der Waals surface area contributed by atoms with Crippen LogP contribution in [-0.2, 0) is 16.1 Å². The zero-order valence-corrected chi connectivity index (χ0v) is 16.7. The topological polar surface area (TPSA) is 83.8 Å². The van der Waals surface area contributed by atoms with Crippen molar-refractivity contribution in [1.29, 1.82) is 0 Å². The maximum Gasteiger partial charge on any atom is 0.263 e. The molecule has 29 heavy (non-hydrogen) atoms. The van der Waals surface area contributed by atoms with Crippen LogP contribution in [0, 0.1) is 13.8 Å². The van der Waals surface area contributed by atoms with Crippen molar-refractivity contribution in [3.05, 3.63) is 53.1 Å². The van der Waals surface area contributed by atoms with E-state index >= 15 is 0 Å². The predicted octanol–water partition coefficient (Wildman–Crippen LogP) is 2.81. The lowest BCUT2D eigenvalue weighted by Gasteiger charge is -2.22. The molecule has 2 aliphatic heterocycles. The predicted molar refractivity (Wildman–Crippen MR) is 106 cm³/mol. The van der Waals surface area contributed by atoms with E-state index < -0.39 is 12.1 Å². The first-order valence-corrected chi connectivity index (χ1v) is 9.28. The summed E-state index contributed by atoms with van der Waals surface area (Å²) in [6.07, 6.45) is 0. The Kier molecular flexibility index (Phi) is 4.70. The van der Waals surface area contributed by atoms with Crippen molar-refractivity contribution >= 4 is 17.5 Å². The van der Waals surface area contributed by atoms with Gasteiger partial charge < -0.3 is 9.47 Å². The molecule has 0 N–H and O–H groups in total. The molecule has 0 aromatic heterocycles. The third-order valence-electron chi connectivity index (χ3n) is 5.32. The van der Waals surface area contributed by atoms with Gasteiger partial charge in [0, 0.05) is 6.07 Å². The number of aryl methyl sites for hydroxylation is 2. The number of anilines is 1. The molecule has 8 nitrogen and oxygen atoms in total. The van der Waals surface area contributed by atoms with Crippen LogP contribution < -0.4 is 14.4 Å². The van der Waals surface area contributed by atoms with E-state index in [9.17, 15) is 9.59 Å². The number of hydrogen-bond donors (Lipinski definition) is 0.